The van der Waals surface area contributed by atoms with Gasteiger partial charge in [-0.15, -0.1) is 0 Å². The highest BCUT2D eigenvalue weighted by Crippen LogP contribution is 2.14. The quantitative estimate of drug-likeness (QED) is 0.864. The van der Waals surface area contributed by atoms with Gasteiger partial charge in [0, 0.05) is 11.6 Å². The van der Waals surface area contributed by atoms with Gasteiger partial charge in [-0.3, -0.25) is 4.79 Å². The summed E-state index contributed by atoms with van der Waals surface area (Å²) in [5, 5.41) is 3.23. The van der Waals surface area contributed by atoms with Gasteiger partial charge in [0.05, 0.1) is 5.56 Å². The van der Waals surface area contributed by atoms with Gasteiger partial charge in [-0.05, 0) is 23.8 Å². The van der Waals surface area contributed by atoms with E-state index in [9.17, 15) is 9.59 Å². The van der Waals surface area contributed by atoms with E-state index in [-0.39, 0.29) is 12.5 Å². The van der Waals surface area contributed by atoms with Crippen LogP contribution in [0.2, 0.25) is 5.02 Å². The molecule has 0 radical (unpaired) electrons. The number of ether oxygens (including phenoxy) is 1. The summed E-state index contributed by atoms with van der Waals surface area (Å²) < 4.78 is 4.92. The predicted octanol–water partition coefficient (Wildman–Crippen LogP) is 2.81. The minimum Gasteiger partial charge on any atom is -0.452 e. The molecule has 1 amide bonds. The molecule has 2 aromatic rings. The second-order valence-electron chi connectivity index (χ2n) is 4.31. The normalized spacial score (nSPS) is 9.95. The molecule has 1 N–H and O–H groups in total. The number of nitrogens with one attached hydrogen (secondary N) is 1. The van der Waals surface area contributed by atoms with Crippen LogP contribution < -0.4 is 5.32 Å². The highest BCUT2D eigenvalue weighted by Gasteiger charge is 2.09. The highest BCUT2D eigenvalue weighted by atomic mass is 35.5. The predicted molar refractivity (Wildman–Crippen MR) is 80.0 cm³/mol. The van der Waals surface area contributed by atoms with E-state index in [2.05, 4.69) is 5.32 Å². The number of amides is 1. The smallest absolute Gasteiger partial charge is 0.338 e. The first-order valence-corrected chi connectivity index (χ1v) is 6.77. The molecule has 21 heavy (non-hydrogen) atoms. The van der Waals surface area contributed by atoms with Crippen molar-refractivity contribution >= 4 is 23.5 Å². The molecule has 0 aliphatic carbocycles. The van der Waals surface area contributed by atoms with Crippen molar-refractivity contribution in [3.8, 4) is 0 Å². The fourth-order valence-corrected chi connectivity index (χ4v) is 1.88. The Morgan fingerprint density at radius 2 is 1.67 bits per heavy atom. The van der Waals surface area contributed by atoms with Crippen LogP contribution in [-0.4, -0.2) is 18.5 Å². The lowest BCUT2D eigenvalue weighted by atomic mass is 10.2. The third-order valence-electron chi connectivity index (χ3n) is 2.78. The van der Waals surface area contributed by atoms with Crippen molar-refractivity contribution in [1.29, 1.82) is 0 Å². The van der Waals surface area contributed by atoms with Crippen molar-refractivity contribution in [3.63, 3.8) is 0 Å². The van der Waals surface area contributed by atoms with E-state index >= 15 is 0 Å². The number of halogens is 1. The Morgan fingerprint density at radius 3 is 2.38 bits per heavy atom. The van der Waals surface area contributed by atoms with E-state index in [1.54, 1.807) is 36.4 Å². The molecule has 0 heterocycles. The minimum atomic E-state index is -0.525. The molecule has 0 aliphatic rings. The first-order chi connectivity index (χ1) is 10.2. The Labute approximate surface area is 127 Å². The fraction of sp³-hybridized carbons (Fsp3) is 0.125. The zero-order chi connectivity index (χ0) is 15.1. The second kappa shape index (κ2) is 7.45. The Kier molecular flexibility index (Phi) is 5.35. The summed E-state index contributed by atoms with van der Waals surface area (Å²) in [6, 6.07) is 15.7. The third-order valence-corrected chi connectivity index (χ3v) is 3.15. The van der Waals surface area contributed by atoms with Crippen molar-refractivity contribution in [2.45, 2.75) is 6.54 Å². The van der Waals surface area contributed by atoms with E-state index < -0.39 is 5.97 Å². The molecular weight excluding hydrogens is 290 g/mol. The Morgan fingerprint density at radius 1 is 1.00 bits per heavy atom. The zero-order valence-electron chi connectivity index (χ0n) is 11.2. The molecule has 4 nitrogen and oxygen atoms in total. The lowest BCUT2D eigenvalue weighted by Crippen LogP contribution is -2.28. The molecule has 0 spiro atoms. The van der Waals surface area contributed by atoms with E-state index in [1.165, 1.54) is 0 Å². The van der Waals surface area contributed by atoms with Gasteiger partial charge in [-0.25, -0.2) is 4.79 Å². The average molecular weight is 304 g/mol. The Bertz CT molecular complexity index is 628. The molecule has 0 saturated heterocycles. The molecule has 0 fully saturated rings. The van der Waals surface area contributed by atoms with E-state index in [0.29, 0.717) is 17.1 Å². The van der Waals surface area contributed by atoms with Crippen molar-refractivity contribution in [1.82, 2.24) is 5.32 Å². The van der Waals surface area contributed by atoms with Crippen LogP contribution >= 0.6 is 11.6 Å². The van der Waals surface area contributed by atoms with Gasteiger partial charge in [0.15, 0.2) is 6.61 Å². The largest absolute Gasteiger partial charge is 0.452 e. The Hall–Kier alpha value is -2.33. The maximum Gasteiger partial charge on any atom is 0.338 e. The number of benzene rings is 2. The molecule has 0 aliphatic heterocycles. The Balaban J connectivity index is 1.78. The van der Waals surface area contributed by atoms with Crippen LogP contribution in [0.25, 0.3) is 0 Å². The van der Waals surface area contributed by atoms with Gasteiger partial charge < -0.3 is 10.1 Å². The molecule has 2 aromatic carbocycles. The number of hydrogen-bond donors (Lipinski definition) is 1. The third kappa shape index (κ3) is 4.61. The van der Waals surface area contributed by atoms with Crippen LogP contribution in [0.3, 0.4) is 0 Å². The summed E-state index contributed by atoms with van der Waals surface area (Å²) >= 11 is 5.98. The monoisotopic (exact) mass is 303 g/mol. The van der Waals surface area contributed by atoms with Crippen LogP contribution in [0, 0.1) is 0 Å². The van der Waals surface area contributed by atoms with E-state index in [1.807, 2.05) is 18.2 Å². The standard InChI is InChI=1S/C16H14ClNO3/c17-14-9-5-4-8-13(14)10-18-15(19)11-21-16(20)12-6-2-1-3-7-12/h1-9H,10-11H2,(H,18,19). The summed E-state index contributed by atoms with van der Waals surface area (Å²) in [5.41, 5.74) is 1.22. The molecule has 0 bridgehead atoms. The van der Waals surface area contributed by atoms with Gasteiger partial charge in [0.1, 0.15) is 0 Å². The first-order valence-electron chi connectivity index (χ1n) is 6.39. The highest BCUT2D eigenvalue weighted by molar-refractivity contribution is 6.31. The average Bonchev–Trinajstić information content (AvgIpc) is 2.52. The maximum atomic E-state index is 11.7. The van der Waals surface area contributed by atoms with Gasteiger partial charge in [0.25, 0.3) is 5.91 Å². The summed E-state index contributed by atoms with van der Waals surface area (Å²) in [5.74, 6) is -0.900. The molecule has 0 unspecified atom stereocenters. The van der Waals surface area contributed by atoms with Gasteiger partial charge in [-0.2, -0.15) is 0 Å². The molecule has 2 rings (SSSR count). The fourth-order valence-electron chi connectivity index (χ4n) is 1.68. The molecule has 0 atom stereocenters. The minimum absolute atomic E-state index is 0.293. The van der Waals surface area contributed by atoms with Gasteiger partial charge >= 0.3 is 5.97 Å². The van der Waals surface area contributed by atoms with Crippen molar-refractivity contribution in [2.24, 2.45) is 0 Å². The summed E-state index contributed by atoms with van der Waals surface area (Å²) in [7, 11) is 0. The van der Waals surface area contributed by atoms with Crippen molar-refractivity contribution in [2.75, 3.05) is 6.61 Å². The summed E-state index contributed by atoms with van der Waals surface area (Å²) in [6.07, 6.45) is 0. The number of hydrogen-bond acceptors (Lipinski definition) is 3. The maximum absolute atomic E-state index is 11.7. The van der Waals surface area contributed by atoms with Crippen LogP contribution in [0.5, 0.6) is 0 Å². The number of rotatable bonds is 5. The van der Waals surface area contributed by atoms with Gasteiger partial charge in [-0.1, -0.05) is 48.0 Å². The molecule has 0 aromatic heterocycles. The lowest BCUT2D eigenvalue weighted by Gasteiger charge is -2.07. The summed E-state index contributed by atoms with van der Waals surface area (Å²) in [6.45, 7) is -0.0282. The molecule has 0 saturated carbocycles. The van der Waals surface area contributed by atoms with E-state index in [0.717, 1.165) is 5.56 Å². The molecular formula is C16H14ClNO3. The topological polar surface area (TPSA) is 55.4 Å². The first kappa shape index (κ1) is 15.1. The SMILES string of the molecule is O=C(COC(=O)c1ccccc1)NCc1ccccc1Cl. The van der Waals surface area contributed by atoms with Crippen LogP contribution in [0.15, 0.2) is 54.6 Å². The molecule has 5 heteroatoms. The number of esters is 1. The van der Waals surface area contributed by atoms with Gasteiger partial charge in [0.2, 0.25) is 0 Å². The number of carbonyl (C=O) groups excluding carboxylic acids is 2. The van der Waals surface area contributed by atoms with Crippen LogP contribution in [0.1, 0.15) is 15.9 Å². The zero-order valence-corrected chi connectivity index (χ0v) is 12.0. The number of carbonyl (C=O) groups is 2. The van der Waals surface area contributed by atoms with E-state index in [4.69, 9.17) is 16.3 Å². The van der Waals surface area contributed by atoms with Crippen molar-refractivity contribution in [3.05, 3.63) is 70.7 Å². The second-order valence-corrected chi connectivity index (χ2v) is 4.72. The van der Waals surface area contributed by atoms with Crippen LogP contribution in [0.4, 0.5) is 0 Å². The van der Waals surface area contributed by atoms with Crippen LogP contribution in [-0.2, 0) is 16.1 Å². The summed E-state index contributed by atoms with van der Waals surface area (Å²) in [4.78, 5) is 23.3. The molecule has 108 valence electrons. The lowest BCUT2D eigenvalue weighted by molar-refractivity contribution is -0.124. The van der Waals surface area contributed by atoms with Crippen molar-refractivity contribution < 1.29 is 14.3 Å².